The maximum Gasteiger partial charge on any atom is 0.333 e. The number of urea groups is 3. The van der Waals surface area contributed by atoms with E-state index in [2.05, 4.69) is 55.3 Å². The van der Waals surface area contributed by atoms with E-state index in [1.807, 2.05) is 71.4 Å². The van der Waals surface area contributed by atoms with Crippen LogP contribution in [-0.4, -0.2) is 73.3 Å². The molecule has 3 heterocycles. The van der Waals surface area contributed by atoms with Gasteiger partial charge in [-0.2, -0.15) is 25.3 Å². The largest absolute Gasteiger partial charge is 0.333 e. The SMILES string of the molecule is Cc1nc(CC(C)c2cccc(C(C)C)c2NC(=O)NS(=O)(=O)c2nc(C3CCc4c3cc3c(c4NC(=O)NS(=O)(=O)c4nccnc4C)CCC3)cnc2C)cnc1S(=O)(=O)NC(=O)Nc1c(C(C)C)cc(F)cc1C(C)C. The van der Waals surface area contributed by atoms with Crippen LogP contribution in [0.3, 0.4) is 0 Å². The van der Waals surface area contributed by atoms with Crippen LogP contribution in [0.15, 0.2) is 76.3 Å². The van der Waals surface area contributed by atoms with Gasteiger partial charge in [-0.3, -0.25) is 15.0 Å². The Labute approximate surface area is 459 Å². The molecular weight excluding hydrogens is 1080 g/mol. The number of para-hydroxylation sites is 1. The van der Waals surface area contributed by atoms with E-state index in [4.69, 9.17) is 0 Å². The molecule has 0 spiro atoms. The van der Waals surface area contributed by atoms with Gasteiger partial charge in [0.15, 0.2) is 15.1 Å². The van der Waals surface area contributed by atoms with Gasteiger partial charge in [-0.25, -0.2) is 47.9 Å². The molecular formula is C54H63FN12O9S3. The van der Waals surface area contributed by atoms with Crippen LogP contribution in [0.25, 0.3) is 0 Å². The van der Waals surface area contributed by atoms with Crippen molar-refractivity contribution in [2.24, 2.45) is 0 Å². The molecule has 6 amide bonds. The summed E-state index contributed by atoms with van der Waals surface area (Å²) in [5, 5.41) is 6.87. The summed E-state index contributed by atoms with van der Waals surface area (Å²) in [4.78, 5) is 66.2. The first-order valence-electron chi connectivity index (χ1n) is 25.7. The van der Waals surface area contributed by atoms with Crippen molar-refractivity contribution in [2.45, 2.75) is 152 Å². The first kappa shape index (κ1) is 57.7. The van der Waals surface area contributed by atoms with E-state index in [1.54, 1.807) is 6.07 Å². The second-order valence-corrected chi connectivity index (χ2v) is 25.6. The van der Waals surface area contributed by atoms with Crippen LogP contribution in [0.2, 0.25) is 0 Å². The van der Waals surface area contributed by atoms with Gasteiger partial charge in [-0.1, -0.05) is 72.7 Å². The lowest BCUT2D eigenvalue weighted by Crippen LogP contribution is -2.36. The summed E-state index contributed by atoms with van der Waals surface area (Å²) in [5.41, 5.74) is 7.74. The number of aryl methyl sites for hydroxylation is 4. The smallest absolute Gasteiger partial charge is 0.307 e. The summed E-state index contributed by atoms with van der Waals surface area (Å²) in [6.07, 6.45) is 8.60. The molecule has 418 valence electrons. The molecule has 0 bridgehead atoms. The molecule has 25 heteroatoms. The quantitative estimate of drug-likeness (QED) is 0.0527. The molecule has 2 unspecified atom stereocenters. The Morgan fingerprint density at radius 3 is 1.70 bits per heavy atom. The number of rotatable bonds is 16. The molecule has 0 fully saturated rings. The predicted molar refractivity (Wildman–Crippen MR) is 294 cm³/mol. The van der Waals surface area contributed by atoms with Gasteiger partial charge in [0.2, 0.25) is 0 Å². The number of sulfonamides is 3. The van der Waals surface area contributed by atoms with E-state index in [9.17, 15) is 44.0 Å². The highest BCUT2D eigenvalue weighted by Gasteiger charge is 2.35. The molecule has 3 aromatic carbocycles. The number of nitrogens with zero attached hydrogens (tertiary/aromatic N) is 6. The third kappa shape index (κ3) is 12.4. The number of carbonyl (C=O) groups excluding carboxylic acids is 3. The van der Waals surface area contributed by atoms with Crippen molar-refractivity contribution in [3.8, 4) is 0 Å². The van der Waals surface area contributed by atoms with Gasteiger partial charge in [0.05, 0.1) is 34.7 Å². The van der Waals surface area contributed by atoms with E-state index in [1.165, 1.54) is 57.7 Å². The summed E-state index contributed by atoms with van der Waals surface area (Å²) in [6.45, 7) is 17.4. The molecule has 0 saturated heterocycles. The number of halogens is 1. The molecule has 6 aromatic rings. The molecule has 8 rings (SSSR count). The van der Waals surface area contributed by atoms with Gasteiger partial charge in [0.1, 0.15) is 5.82 Å². The van der Waals surface area contributed by atoms with Gasteiger partial charge in [0, 0.05) is 41.6 Å². The maximum atomic E-state index is 14.5. The maximum absolute atomic E-state index is 14.5. The second-order valence-electron chi connectivity index (χ2n) is 20.8. The molecule has 79 heavy (non-hydrogen) atoms. The van der Waals surface area contributed by atoms with Crippen molar-refractivity contribution in [1.82, 2.24) is 44.1 Å². The Morgan fingerprint density at radius 2 is 1.11 bits per heavy atom. The number of fused-ring (bicyclic) bond motifs is 2. The number of amides is 6. The molecule has 0 radical (unpaired) electrons. The molecule has 0 aliphatic heterocycles. The van der Waals surface area contributed by atoms with Crippen molar-refractivity contribution in [3.05, 3.63) is 140 Å². The normalized spacial score (nSPS) is 14.7. The molecule has 3 aromatic heterocycles. The minimum atomic E-state index is -4.67. The first-order chi connectivity index (χ1) is 37.1. The topological polar surface area (TPSA) is 303 Å². The number of anilines is 3. The van der Waals surface area contributed by atoms with Crippen LogP contribution in [0.5, 0.6) is 0 Å². The molecule has 0 saturated carbocycles. The Hall–Kier alpha value is -7.51. The number of carbonyl (C=O) groups is 3. The second kappa shape index (κ2) is 22.7. The van der Waals surface area contributed by atoms with Crippen LogP contribution < -0.4 is 30.1 Å². The van der Waals surface area contributed by atoms with E-state index < -0.39 is 75.9 Å². The number of benzene rings is 3. The average molecular weight is 1140 g/mol. The third-order valence-corrected chi connectivity index (χ3v) is 18.1. The lowest BCUT2D eigenvalue weighted by Gasteiger charge is -2.22. The van der Waals surface area contributed by atoms with E-state index >= 15 is 0 Å². The minimum absolute atomic E-state index is 0.00594. The Bertz CT molecular complexity index is 3750. The number of hydrogen-bond acceptors (Lipinski definition) is 15. The first-order valence-corrected chi connectivity index (χ1v) is 30.2. The zero-order chi connectivity index (χ0) is 57.5. The van der Waals surface area contributed by atoms with E-state index in [0.29, 0.717) is 76.4 Å². The van der Waals surface area contributed by atoms with Crippen LogP contribution in [0.1, 0.15) is 164 Å². The van der Waals surface area contributed by atoms with Gasteiger partial charge in [0.25, 0.3) is 30.1 Å². The van der Waals surface area contributed by atoms with Crippen LogP contribution in [-0.2, 0) is 55.8 Å². The van der Waals surface area contributed by atoms with Gasteiger partial charge >= 0.3 is 18.1 Å². The van der Waals surface area contributed by atoms with E-state index in [-0.39, 0.29) is 46.3 Å². The zero-order valence-corrected chi connectivity index (χ0v) is 47.8. The highest BCUT2D eigenvalue weighted by Crippen LogP contribution is 2.46. The number of hydrogen-bond donors (Lipinski definition) is 6. The van der Waals surface area contributed by atoms with Crippen LogP contribution in [0, 0.1) is 26.6 Å². The zero-order valence-electron chi connectivity index (χ0n) is 45.4. The van der Waals surface area contributed by atoms with Crippen LogP contribution in [0.4, 0.5) is 35.8 Å². The third-order valence-electron chi connectivity index (χ3n) is 14.0. The molecule has 2 aliphatic rings. The summed E-state index contributed by atoms with van der Waals surface area (Å²) in [5.74, 6) is -1.87. The summed E-state index contributed by atoms with van der Waals surface area (Å²) in [6, 6.07) is 6.94. The van der Waals surface area contributed by atoms with Crippen molar-refractivity contribution in [1.29, 1.82) is 0 Å². The van der Waals surface area contributed by atoms with Crippen molar-refractivity contribution < 1.29 is 44.0 Å². The Kier molecular flexibility index (Phi) is 16.6. The standard InChI is InChI=1S/C54H63FN12O9S3/c1-27(2)37-14-12-15-38(30(7)21-36-25-59-50(33(10)60-36)78(73,74)66-54(70)64-48-42(28(3)4)23-35(55)24-43(48)29(5)6)46(37)62-52(68)67-79(75,76)51-32(9)58-26-45(61-51)40-17-18-41-44(40)22-34-13-11-16-39(34)47(41)63-53(69)65-77(71,72)49-31(8)56-19-20-57-49/h12,14-15,19-20,22-30,40H,11,13,16-18,21H2,1-10H3,(H2,62,67,68)(H2,63,65,69)(H2,64,66,70). The fraction of sp³-hybridized carbons (Fsp3) is 0.389. The molecule has 21 nitrogen and oxygen atoms in total. The van der Waals surface area contributed by atoms with Gasteiger partial charge in [-0.15, -0.1) is 0 Å². The fourth-order valence-corrected chi connectivity index (χ4v) is 13.5. The molecule has 6 N–H and O–H groups in total. The molecule has 2 aliphatic carbocycles. The van der Waals surface area contributed by atoms with Crippen LogP contribution >= 0.6 is 0 Å². The fourth-order valence-electron chi connectivity index (χ4n) is 10.4. The Morgan fingerprint density at radius 1 is 0.582 bits per heavy atom. The monoisotopic (exact) mass is 1140 g/mol. The predicted octanol–water partition coefficient (Wildman–Crippen LogP) is 8.94. The van der Waals surface area contributed by atoms with Crippen molar-refractivity contribution in [2.75, 3.05) is 16.0 Å². The minimum Gasteiger partial charge on any atom is -0.307 e. The highest BCUT2D eigenvalue weighted by atomic mass is 32.2. The highest BCUT2D eigenvalue weighted by molar-refractivity contribution is 7.90. The number of aromatic nitrogens is 6. The number of nitrogens with one attached hydrogen (secondary N) is 6. The Balaban J connectivity index is 0.977. The summed E-state index contributed by atoms with van der Waals surface area (Å²) < 4.78 is 102. The average Bonchev–Trinajstić information content (AvgIpc) is 4.01. The summed E-state index contributed by atoms with van der Waals surface area (Å²) >= 11 is 0. The molecule has 2 atom stereocenters. The van der Waals surface area contributed by atoms with Gasteiger partial charge in [-0.05, 0) is 140 Å². The lowest BCUT2D eigenvalue weighted by molar-refractivity contribution is 0.255. The lowest BCUT2D eigenvalue weighted by atomic mass is 9.89. The van der Waals surface area contributed by atoms with Crippen molar-refractivity contribution in [3.63, 3.8) is 0 Å². The van der Waals surface area contributed by atoms with E-state index in [0.717, 1.165) is 28.7 Å². The van der Waals surface area contributed by atoms with Gasteiger partial charge < -0.3 is 16.0 Å². The van der Waals surface area contributed by atoms with Crippen molar-refractivity contribution >= 4 is 65.2 Å². The summed E-state index contributed by atoms with van der Waals surface area (Å²) in [7, 11) is -13.6.